The number of fused-ring (bicyclic) bond motifs is 1. The molecule has 5 nitrogen and oxygen atoms in total. The van der Waals surface area contributed by atoms with Crippen LogP contribution in [0, 0.1) is 11.7 Å². The molecule has 132 valence electrons. The Hall–Kier alpha value is -2.12. The number of aromatic nitrogens is 2. The van der Waals surface area contributed by atoms with Crippen LogP contribution >= 0.6 is 11.6 Å². The Kier molecular flexibility index (Phi) is 4.71. The van der Waals surface area contributed by atoms with Gasteiger partial charge in [-0.05, 0) is 35.7 Å². The van der Waals surface area contributed by atoms with Crippen molar-refractivity contribution in [1.29, 1.82) is 0 Å². The zero-order valence-electron chi connectivity index (χ0n) is 13.7. The van der Waals surface area contributed by atoms with Crippen LogP contribution in [0.1, 0.15) is 13.8 Å². The Balaban J connectivity index is 2.17. The van der Waals surface area contributed by atoms with Crippen molar-refractivity contribution in [3.05, 3.63) is 53.4 Å². The quantitative estimate of drug-likeness (QED) is 0.720. The number of sulfonamides is 1. The van der Waals surface area contributed by atoms with E-state index in [0.29, 0.717) is 21.7 Å². The van der Waals surface area contributed by atoms with Crippen LogP contribution in [0.3, 0.4) is 0 Å². The maximum Gasteiger partial charge on any atom is 0.234 e. The van der Waals surface area contributed by atoms with E-state index < -0.39 is 10.0 Å². The molecule has 0 aliphatic carbocycles. The van der Waals surface area contributed by atoms with E-state index in [2.05, 4.69) is 9.82 Å². The first-order valence-corrected chi connectivity index (χ1v) is 9.72. The molecule has 0 amide bonds. The minimum atomic E-state index is -3.56. The summed E-state index contributed by atoms with van der Waals surface area (Å²) in [5, 5.41) is 4.81. The summed E-state index contributed by atoms with van der Waals surface area (Å²) in [5.74, 6) is -0.238. The molecule has 0 saturated carbocycles. The molecule has 0 aliphatic rings. The number of hydrogen-bond acceptors (Lipinski definition) is 3. The lowest BCUT2D eigenvalue weighted by Crippen LogP contribution is -2.20. The SMILES string of the molecule is CC(C)CS(=O)(=O)Nc1nn2ccc(Cl)cc2c1-c1ccc(F)cc1. The average Bonchev–Trinajstić information content (AvgIpc) is 2.83. The van der Waals surface area contributed by atoms with Crippen molar-refractivity contribution in [2.45, 2.75) is 13.8 Å². The first-order chi connectivity index (χ1) is 11.7. The number of nitrogens with one attached hydrogen (secondary N) is 1. The first-order valence-electron chi connectivity index (χ1n) is 7.69. The summed E-state index contributed by atoms with van der Waals surface area (Å²) >= 11 is 6.07. The normalized spacial score (nSPS) is 12.0. The molecule has 25 heavy (non-hydrogen) atoms. The summed E-state index contributed by atoms with van der Waals surface area (Å²) in [6.07, 6.45) is 1.64. The minimum absolute atomic E-state index is 0.0233. The molecule has 0 bridgehead atoms. The fourth-order valence-electron chi connectivity index (χ4n) is 2.62. The molecule has 0 saturated heterocycles. The van der Waals surface area contributed by atoms with Crippen LogP contribution in [0.25, 0.3) is 16.6 Å². The molecule has 0 radical (unpaired) electrons. The lowest BCUT2D eigenvalue weighted by molar-refractivity contribution is 0.587. The molecule has 0 atom stereocenters. The van der Waals surface area contributed by atoms with Crippen LogP contribution in [0.5, 0.6) is 0 Å². The van der Waals surface area contributed by atoms with Crippen LogP contribution in [0.4, 0.5) is 10.2 Å². The van der Waals surface area contributed by atoms with Crippen LogP contribution in [-0.2, 0) is 10.0 Å². The van der Waals surface area contributed by atoms with Crippen molar-refractivity contribution in [1.82, 2.24) is 9.61 Å². The number of benzene rings is 1. The molecule has 1 aromatic carbocycles. The highest BCUT2D eigenvalue weighted by molar-refractivity contribution is 7.92. The molecule has 3 aromatic rings. The topological polar surface area (TPSA) is 63.5 Å². The van der Waals surface area contributed by atoms with Gasteiger partial charge in [0.25, 0.3) is 0 Å². The standard InChI is InChI=1S/C17H17ClFN3O2S/c1-11(2)10-25(23,24)21-17-16(12-3-5-14(19)6-4-12)15-9-13(18)7-8-22(15)20-17/h3-9,11H,10H2,1-2H3,(H,20,21). The highest BCUT2D eigenvalue weighted by atomic mass is 35.5. The molecule has 2 aromatic heterocycles. The van der Waals surface area contributed by atoms with E-state index in [1.54, 1.807) is 30.5 Å². The predicted molar refractivity (Wildman–Crippen MR) is 97.8 cm³/mol. The molecule has 0 unspecified atom stereocenters. The molecule has 0 fully saturated rings. The maximum atomic E-state index is 13.3. The van der Waals surface area contributed by atoms with Crippen LogP contribution in [-0.4, -0.2) is 23.8 Å². The van der Waals surface area contributed by atoms with Crippen molar-refractivity contribution in [3.63, 3.8) is 0 Å². The molecule has 0 aliphatic heterocycles. The fourth-order valence-corrected chi connectivity index (χ4v) is 4.18. The first kappa shape index (κ1) is 17.7. The summed E-state index contributed by atoms with van der Waals surface area (Å²) in [6, 6.07) is 9.13. The zero-order valence-corrected chi connectivity index (χ0v) is 15.3. The molecular formula is C17H17ClFN3O2S. The van der Waals surface area contributed by atoms with Crippen molar-refractivity contribution in [2.24, 2.45) is 5.92 Å². The number of rotatable bonds is 5. The van der Waals surface area contributed by atoms with Crippen molar-refractivity contribution >= 4 is 33.0 Å². The van der Waals surface area contributed by atoms with Gasteiger partial charge in [0, 0.05) is 11.2 Å². The van der Waals surface area contributed by atoms with Crippen LogP contribution < -0.4 is 4.72 Å². The summed E-state index contributed by atoms with van der Waals surface area (Å²) in [7, 11) is -3.56. The van der Waals surface area contributed by atoms with E-state index in [0.717, 1.165) is 0 Å². The van der Waals surface area contributed by atoms with Gasteiger partial charge in [-0.25, -0.2) is 17.3 Å². The van der Waals surface area contributed by atoms with Crippen LogP contribution in [0.2, 0.25) is 5.02 Å². The zero-order chi connectivity index (χ0) is 18.2. The van der Waals surface area contributed by atoms with Gasteiger partial charge in [0.05, 0.1) is 16.8 Å². The maximum absolute atomic E-state index is 13.3. The van der Waals surface area contributed by atoms with E-state index in [9.17, 15) is 12.8 Å². The van der Waals surface area contributed by atoms with E-state index in [4.69, 9.17) is 11.6 Å². The largest absolute Gasteiger partial charge is 0.265 e. The Morgan fingerprint density at radius 3 is 2.56 bits per heavy atom. The second kappa shape index (κ2) is 6.65. The Morgan fingerprint density at radius 1 is 1.24 bits per heavy atom. The highest BCUT2D eigenvalue weighted by Gasteiger charge is 2.21. The van der Waals surface area contributed by atoms with Gasteiger partial charge in [-0.2, -0.15) is 0 Å². The van der Waals surface area contributed by atoms with Crippen molar-refractivity contribution < 1.29 is 12.8 Å². The van der Waals surface area contributed by atoms with Crippen molar-refractivity contribution in [2.75, 3.05) is 10.5 Å². The van der Waals surface area contributed by atoms with Crippen LogP contribution in [0.15, 0.2) is 42.6 Å². The van der Waals surface area contributed by atoms with E-state index in [1.807, 2.05) is 13.8 Å². The second-order valence-corrected chi connectivity index (χ2v) is 8.39. The predicted octanol–water partition coefficient (Wildman–Crippen LogP) is 4.19. The summed E-state index contributed by atoms with van der Waals surface area (Å²) in [6.45, 7) is 3.65. The minimum Gasteiger partial charge on any atom is -0.265 e. The molecule has 8 heteroatoms. The monoisotopic (exact) mass is 381 g/mol. The third kappa shape index (κ3) is 3.93. The average molecular weight is 382 g/mol. The van der Waals surface area contributed by atoms with Gasteiger partial charge in [0.2, 0.25) is 10.0 Å². The number of hydrogen-bond donors (Lipinski definition) is 1. The molecule has 1 N–H and O–H groups in total. The Labute approximate surface area is 150 Å². The summed E-state index contributed by atoms with van der Waals surface area (Å²) in [5.41, 5.74) is 1.82. The van der Waals surface area contributed by atoms with Gasteiger partial charge >= 0.3 is 0 Å². The van der Waals surface area contributed by atoms with Gasteiger partial charge in [-0.1, -0.05) is 37.6 Å². The molecular weight excluding hydrogens is 365 g/mol. The summed E-state index contributed by atoms with van der Waals surface area (Å²) < 4.78 is 42.0. The molecule has 2 heterocycles. The van der Waals surface area contributed by atoms with Gasteiger partial charge in [-0.3, -0.25) is 4.72 Å². The third-order valence-corrected chi connectivity index (χ3v) is 5.38. The van der Waals surface area contributed by atoms with E-state index in [1.165, 1.54) is 16.6 Å². The highest BCUT2D eigenvalue weighted by Crippen LogP contribution is 2.34. The van der Waals surface area contributed by atoms with E-state index >= 15 is 0 Å². The molecule has 3 rings (SSSR count). The third-order valence-electron chi connectivity index (χ3n) is 3.53. The van der Waals surface area contributed by atoms with E-state index in [-0.39, 0.29) is 23.3 Å². The smallest absolute Gasteiger partial charge is 0.234 e. The Morgan fingerprint density at radius 2 is 1.92 bits per heavy atom. The summed E-state index contributed by atoms with van der Waals surface area (Å²) in [4.78, 5) is 0. The Bertz CT molecular complexity index is 1010. The van der Waals surface area contributed by atoms with Gasteiger partial charge < -0.3 is 0 Å². The lowest BCUT2D eigenvalue weighted by atomic mass is 10.1. The van der Waals surface area contributed by atoms with Gasteiger partial charge in [-0.15, -0.1) is 5.10 Å². The number of halogens is 2. The second-order valence-electron chi connectivity index (χ2n) is 6.18. The van der Waals surface area contributed by atoms with Crippen molar-refractivity contribution in [3.8, 4) is 11.1 Å². The fraction of sp³-hybridized carbons (Fsp3) is 0.235. The van der Waals surface area contributed by atoms with Gasteiger partial charge in [0.15, 0.2) is 5.82 Å². The number of nitrogens with zero attached hydrogens (tertiary/aromatic N) is 2. The lowest BCUT2D eigenvalue weighted by Gasteiger charge is -2.09. The number of pyridine rings is 1. The number of anilines is 1. The van der Waals surface area contributed by atoms with Gasteiger partial charge in [0.1, 0.15) is 5.82 Å². The molecule has 0 spiro atoms.